The number of hydrogen-bond acceptors (Lipinski definition) is 3. The van der Waals surface area contributed by atoms with Crippen molar-refractivity contribution in [3.8, 4) is 0 Å². The smallest absolute Gasteiger partial charge is 0.323 e. The van der Waals surface area contributed by atoms with Crippen molar-refractivity contribution in [2.24, 2.45) is 5.92 Å². The van der Waals surface area contributed by atoms with Crippen LogP contribution in [0.2, 0.25) is 0 Å². The average Bonchev–Trinajstić information content (AvgIpc) is 2.78. The summed E-state index contributed by atoms with van der Waals surface area (Å²) in [6.07, 6.45) is 5.58. The number of nitrogens with one attached hydrogen (secondary N) is 4. The van der Waals surface area contributed by atoms with E-state index >= 15 is 0 Å². The first-order valence-electron chi connectivity index (χ1n) is 11.3. The van der Waals surface area contributed by atoms with Crippen LogP contribution < -0.4 is 21.3 Å². The Morgan fingerprint density at radius 2 is 1.56 bits per heavy atom. The van der Waals surface area contributed by atoms with Gasteiger partial charge in [-0.3, -0.25) is 9.59 Å². The van der Waals surface area contributed by atoms with Crippen molar-refractivity contribution in [2.75, 3.05) is 17.2 Å². The summed E-state index contributed by atoms with van der Waals surface area (Å²) in [5.74, 6) is 0.0508. The van der Waals surface area contributed by atoms with Gasteiger partial charge in [0.25, 0.3) is 0 Å². The Morgan fingerprint density at radius 1 is 0.875 bits per heavy atom. The third-order valence-corrected chi connectivity index (χ3v) is 5.58. The minimum atomic E-state index is -0.328. The monoisotopic (exact) mass is 436 g/mol. The van der Waals surface area contributed by atoms with Gasteiger partial charge in [0.1, 0.15) is 0 Å². The molecule has 4 N–H and O–H groups in total. The molecule has 0 heterocycles. The Bertz CT molecular complexity index is 938. The number of benzene rings is 2. The summed E-state index contributed by atoms with van der Waals surface area (Å²) < 4.78 is 0. The van der Waals surface area contributed by atoms with Gasteiger partial charge in [0.05, 0.1) is 0 Å². The summed E-state index contributed by atoms with van der Waals surface area (Å²) in [5.41, 5.74) is 3.30. The van der Waals surface area contributed by atoms with Gasteiger partial charge in [0.2, 0.25) is 11.8 Å². The average molecular weight is 437 g/mol. The molecule has 1 fully saturated rings. The largest absolute Gasteiger partial charge is 0.355 e. The molecular formula is C25H32N4O3. The first-order valence-corrected chi connectivity index (χ1v) is 11.3. The number of hydrogen-bond donors (Lipinski definition) is 4. The number of urea groups is 1. The fourth-order valence-corrected chi connectivity index (χ4v) is 3.87. The molecule has 3 rings (SSSR count). The number of carbonyl (C=O) groups excluding carboxylic acids is 3. The Balaban J connectivity index is 1.38. The van der Waals surface area contributed by atoms with Gasteiger partial charge in [-0.25, -0.2) is 4.79 Å². The van der Waals surface area contributed by atoms with Crippen LogP contribution in [0.15, 0.2) is 48.5 Å². The molecule has 0 unspecified atom stereocenters. The lowest BCUT2D eigenvalue weighted by molar-refractivity contribution is -0.126. The highest BCUT2D eigenvalue weighted by molar-refractivity contribution is 5.99. The van der Waals surface area contributed by atoms with Crippen molar-refractivity contribution in [2.45, 2.75) is 52.0 Å². The molecule has 4 amide bonds. The predicted molar refractivity (Wildman–Crippen MR) is 126 cm³/mol. The van der Waals surface area contributed by atoms with Crippen molar-refractivity contribution in [1.29, 1.82) is 0 Å². The second-order valence-electron chi connectivity index (χ2n) is 8.30. The van der Waals surface area contributed by atoms with E-state index in [2.05, 4.69) is 21.3 Å². The molecule has 32 heavy (non-hydrogen) atoms. The number of amides is 4. The summed E-state index contributed by atoms with van der Waals surface area (Å²) in [4.78, 5) is 36.5. The standard InChI is InChI=1S/C25H32N4O3/c1-18-7-5-11-21(15-18)28-25(32)29-22-12-6-8-19(16-22)17-27-23(30)13-14-26-24(31)20-9-3-2-4-10-20/h5-8,11-12,15-16,20H,2-4,9-10,13-14,17H2,1H3,(H,26,31)(H,27,30)(H2,28,29,32). The van der Waals surface area contributed by atoms with E-state index in [0.29, 0.717) is 18.8 Å². The van der Waals surface area contributed by atoms with Gasteiger partial charge in [-0.15, -0.1) is 0 Å². The molecule has 1 saturated carbocycles. The van der Waals surface area contributed by atoms with E-state index in [-0.39, 0.29) is 30.2 Å². The molecule has 0 atom stereocenters. The highest BCUT2D eigenvalue weighted by Crippen LogP contribution is 2.23. The lowest BCUT2D eigenvalue weighted by Crippen LogP contribution is -2.35. The van der Waals surface area contributed by atoms with Crippen molar-refractivity contribution >= 4 is 29.2 Å². The molecule has 1 aliphatic rings. The topological polar surface area (TPSA) is 99.3 Å². The second kappa shape index (κ2) is 11.9. The number of rotatable bonds is 8. The molecule has 0 aliphatic heterocycles. The van der Waals surface area contributed by atoms with Gasteiger partial charge in [-0.05, 0) is 55.2 Å². The molecule has 0 radical (unpaired) electrons. The van der Waals surface area contributed by atoms with E-state index in [0.717, 1.165) is 42.5 Å². The maximum Gasteiger partial charge on any atom is 0.323 e. The van der Waals surface area contributed by atoms with Crippen LogP contribution in [0, 0.1) is 12.8 Å². The molecule has 1 aliphatic carbocycles. The van der Waals surface area contributed by atoms with Crippen molar-refractivity contribution in [3.63, 3.8) is 0 Å². The van der Waals surface area contributed by atoms with Crippen molar-refractivity contribution < 1.29 is 14.4 Å². The predicted octanol–water partition coefficient (Wildman–Crippen LogP) is 4.34. The molecule has 0 bridgehead atoms. The van der Waals surface area contributed by atoms with E-state index in [4.69, 9.17) is 0 Å². The number of anilines is 2. The lowest BCUT2D eigenvalue weighted by atomic mass is 9.89. The van der Waals surface area contributed by atoms with Crippen LogP contribution in [0.1, 0.15) is 49.7 Å². The highest BCUT2D eigenvalue weighted by Gasteiger charge is 2.20. The van der Waals surface area contributed by atoms with Gasteiger partial charge < -0.3 is 21.3 Å². The molecular weight excluding hydrogens is 404 g/mol. The number of aryl methyl sites for hydroxylation is 1. The van der Waals surface area contributed by atoms with E-state index in [9.17, 15) is 14.4 Å². The molecule has 2 aromatic carbocycles. The first-order chi connectivity index (χ1) is 15.5. The molecule has 0 saturated heterocycles. The van der Waals surface area contributed by atoms with Crippen LogP contribution in [0.3, 0.4) is 0 Å². The Morgan fingerprint density at radius 3 is 2.28 bits per heavy atom. The van der Waals surface area contributed by atoms with Crippen LogP contribution in [-0.2, 0) is 16.1 Å². The minimum absolute atomic E-state index is 0.0696. The summed E-state index contributed by atoms with van der Waals surface area (Å²) in [7, 11) is 0. The third kappa shape index (κ3) is 7.72. The summed E-state index contributed by atoms with van der Waals surface area (Å²) in [5, 5.41) is 11.3. The fourth-order valence-electron chi connectivity index (χ4n) is 3.87. The quantitative estimate of drug-likeness (QED) is 0.495. The first kappa shape index (κ1) is 23.3. The molecule has 7 heteroatoms. The second-order valence-corrected chi connectivity index (χ2v) is 8.30. The lowest BCUT2D eigenvalue weighted by Gasteiger charge is -2.20. The van der Waals surface area contributed by atoms with Crippen molar-refractivity contribution in [1.82, 2.24) is 10.6 Å². The van der Waals surface area contributed by atoms with Crippen LogP contribution >= 0.6 is 0 Å². The summed E-state index contributed by atoms with van der Waals surface area (Å²) >= 11 is 0. The Kier molecular flexibility index (Phi) is 8.66. The van der Waals surface area contributed by atoms with Gasteiger partial charge in [-0.1, -0.05) is 43.5 Å². The van der Waals surface area contributed by atoms with E-state index in [1.807, 2.05) is 49.4 Å². The van der Waals surface area contributed by atoms with Crippen LogP contribution in [-0.4, -0.2) is 24.4 Å². The van der Waals surface area contributed by atoms with Crippen LogP contribution in [0.25, 0.3) is 0 Å². The van der Waals surface area contributed by atoms with Crippen LogP contribution in [0.5, 0.6) is 0 Å². The van der Waals surface area contributed by atoms with Gasteiger partial charge >= 0.3 is 6.03 Å². The van der Waals surface area contributed by atoms with E-state index < -0.39 is 0 Å². The highest BCUT2D eigenvalue weighted by atomic mass is 16.2. The van der Waals surface area contributed by atoms with Gasteiger partial charge in [-0.2, -0.15) is 0 Å². The van der Waals surface area contributed by atoms with E-state index in [1.54, 1.807) is 6.07 Å². The number of carbonyl (C=O) groups is 3. The summed E-state index contributed by atoms with van der Waals surface area (Å²) in [6, 6.07) is 14.6. The zero-order valence-electron chi connectivity index (χ0n) is 18.6. The van der Waals surface area contributed by atoms with Gasteiger partial charge in [0.15, 0.2) is 0 Å². The zero-order valence-corrected chi connectivity index (χ0v) is 18.6. The maximum atomic E-state index is 12.2. The van der Waals surface area contributed by atoms with E-state index in [1.165, 1.54) is 6.42 Å². The van der Waals surface area contributed by atoms with Gasteiger partial charge in [0, 0.05) is 36.8 Å². The molecule has 7 nitrogen and oxygen atoms in total. The molecule has 2 aromatic rings. The van der Waals surface area contributed by atoms with Crippen molar-refractivity contribution in [3.05, 3.63) is 59.7 Å². The normalized spacial score (nSPS) is 13.8. The third-order valence-electron chi connectivity index (χ3n) is 5.58. The minimum Gasteiger partial charge on any atom is -0.355 e. The molecule has 170 valence electrons. The Hall–Kier alpha value is -3.35. The van der Waals surface area contributed by atoms with Crippen LogP contribution in [0.4, 0.5) is 16.2 Å². The Labute approximate surface area is 189 Å². The molecule has 0 aromatic heterocycles. The summed E-state index contributed by atoms with van der Waals surface area (Å²) in [6.45, 7) is 2.66. The maximum absolute atomic E-state index is 12.2. The SMILES string of the molecule is Cc1cccc(NC(=O)Nc2cccc(CNC(=O)CCNC(=O)C3CCCCC3)c2)c1. The molecule has 0 spiro atoms. The zero-order chi connectivity index (χ0) is 22.8. The fraction of sp³-hybridized carbons (Fsp3) is 0.400.